The van der Waals surface area contributed by atoms with Crippen molar-refractivity contribution in [3.05, 3.63) is 103 Å². The Morgan fingerprint density at radius 1 is 1.02 bits per heavy atom. The average molecular weight is 637 g/mol. The third-order valence-corrected chi connectivity index (χ3v) is 9.73. The summed E-state index contributed by atoms with van der Waals surface area (Å²) >= 11 is 5.76. The maximum Gasteiger partial charge on any atom is 0.305 e. The van der Waals surface area contributed by atoms with Gasteiger partial charge in [-0.25, -0.2) is 4.90 Å². The molecule has 3 unspecified atom stereocenters. The van der Waals surface area contributed by atoms with Gasteiger partial charge in [0.05, 0.1) is 16.6 Å². The van der Waals surface area contributed by atoms with Gasteiger partial charge in [-0.2, -0.15) is 0 Å². The van der Waals surface area contributed by atoms with Crippen LogP contribution in [0, 0.1) is 12.8 Å². The maximum atomic E-state index is 14.0. The van der Waals surface area contributed by atoms with Crippen molar-refractivity contribution in [2.45, 2.75) is 23.1 Å². The number of benzene rings is 3. The first-order valence-electron chi connectivity index (χ1n) is 12.4. The van der Waals surface area contributed by atoms with Crippen molar-refractivity contribution in [3.8, 4) is 5.75 Å². The minimum absolute atomic E-state index is 0.266. The molecule has 0 saturated carbocycles. The summed E-state index contributed by atoms with van der Waals surface area (Å²) in [6, 6.07) is 21.6. The molecule has 6 rings (SSSR count). The van der Waals surface area contributed by atoms with Gasteiger partial charge in [-0.15, -0.1) is 0 Å². The zero-order valence-electron chi connectivity index (χ0n) is 21.1. The standard InChI is InChI=1S/C29H22BrN3O5S2/c1-15-7-10-18(11-8-15)33-27(35)23-22(24-26(32-29(37)40-24)39-25(23)28(33)36)19-13-16(30)9-12-20(19)38-14-21(34)31-17-5-3-2-4-6-17/h2-13,22-23,25H,14H2,1H3,(H,31,34)(H,32,37). The number of thioether (sulfide) groups is 1. The maximum absolute atomic E-state index is 14.0. The van der Waals surface area contributed by atoms with Gasteiger partial charge >= 0.3 is 4.87 Å². The lowest BCUT2D eigenvalue weighted by atomic mass is 9.82. The van der Waals surface area contributed by atoms with Crippen LogP contribution < -0.4 is 19.8 Å². The second kappa shape index (κ2) is 10.7. The summed E-state index contributed by atoms with van der Waals surface area (Å²) in [6.07, 6.45) is 0. The van der Waals surface area contributed by atoms with Gasteiger partial charge in [0.15, 0.2) is 6.61 Å². The summed E-state index contributed by atoms with van der Waals surface area (Å²) in [7, 11) is 0. The molecule has 3 amide bonds. The predicted molar refractivity (Wildman–Crippen MR) is 158 cm³/mol. The number of hydrogen-bond acceptors (Lipinski definition) is 7. The van der Waals surface area contributed by atoms with Gasteiger partial charge in [0.1, 0.15) is 11.0 Å². The molecule has 8 nitrogen and oxygen atoms in total. The molecule has 11 heteroatoms. The Hall–Kier alpha value is -3.67. The van der Waals surface area contributed by atoms with E-state index in [2.05, 4.69) is 26.2 Å². The molecule has 1 saturated heterocycles. The zero-order chi connectivity index (χ0) is 28.0. The molecule has 0 spiro atoms. The number of aromatic amines is 1. The first kappa shape index (κ1) is 26.5. The number of imide groups is 1. The van der Waals surface area contributed by atoms with E-state index >= 15 is 0 Å². The molecule has 2 N–H and O–H groups in total. The van der Waals surface area contributed by atoms with Crippen molar-refractivity contribution < 1.29 is 19.1 Å². The number of H-pyrrole nitrogens is 1. The topological polar surface area (TPSA) is 109 Å². The van der Waals surface area contributed by atoms with Gasteiger partial charge in [0.2, 0.25) is 11.8 Å². The molecule has 40 heavy (non-hydrogen) atoms. The lowest BCUT2D eigenvalue weighted by molar-refractivity contribution is -0.122. The Labute approximate surface area is 245 Å². The molecule has 3 heterocycles. The van der Waals surface area contributed by atoms with Crippen LogP contribution in [-0.2, 0) is 14.4 Å². The molecule has 3 aromatic carbocycles. The molecule has 2 aliphatic heterocycles. The number of fused-ring (bicyclic) bond motifs is 2. The molecule has 4 aromatic rings. The van der Waals surface area contributed by atoms with Gasteiger partial charge in [-0.1, -0.05) is 74.9 Å². The molecule has 3 atom stereocenters. The zero-order valence-corrected chi connectivity index (χ0v) is 24.3. The minimum atomic E-state index is -0.771. The number of aryl methyl sites for hydroxylation is 1. The van der Waals surface area contributed by atoms with Crippen LogP contribution in [0.3, 0.4) is 0 Å². The molecule has 2 aliphatic rings. The molecule has 202 valence electrons. The second-order valence-electron chi connectivity index (χ2n) is 9.48. The lowest BCUT2D eigenvalue weighted by Crippen LogP contribution is -2.32. The fourth-order valence-corrected chi connectivity index (χ4v) is 7.94. The molecule has 0 radical (unpaired) electrons. The van der Waals surface area contributed by atoms with E-state index < -0.39 is 17.1 Å². The Kier molecular flexibility index (Phi) is 7.11. The Balaban J connectivity index is 1.37. The number of para-hydroxylation sites is 1. The van der Waals surface area contributed by atoms with Gasteiger partial charge in [-0.05, 0) is 49.4 Å². The molecular formula is C29H22BrN3O5S2. The van der Waals surface area contributed by atoms with Crippen LogP contribution in [0.5, 0.6) is 5.75 Å². The van der Waals surface area contributed by atoms with Crippen molar-refractivity contribution in [1.29, 1.82) is 0 Å². The Morgan fingerprint density at radius 2 is 1.77 bits per heavy atom. The summed E-state index contributed by atoms with van der Waals surface area (Å²) in [4.78, 5) is 57.3. The normalized spacial score (nSPS) is 19.8. The number of rotatable bonds is 6. The Bertz CT molecular complexity index is 1690. The van der Waals surface area contributed by atoms with Crippen LogP contribution in [0.25, 0.3) is 0 Å². The van der Waals surface area contributed by atoms with Gasteiger partial charge in [-0.3, -0.25) is 19.2 Å². The first-order chi connectivity index (χ1) is 19.3. The summed E-state index contributed by atoms with van der Waals surface area (Å²) in [5, 5.41) is 2.63. The van der Waals surface area contributed by atoms with Crippen LogP contribution in [-0.4, -0.2) is 34.6 Å². The number of nitrogens with one attached hydrogen (secondary N) is 2. The summed E-state index contributed by atoms with van der Waals surface area (Å²) < 4.78 is 6.73. The highest BCUT2D eigenvalue weighted by Gasteiger charge is 2.56. The van der Waals surface area contributed by atoms with Crippen molar-refractivity contribution in [2.75, 3.05) is 16.8 Å². The van der Waals surface area contributed by atoms with E-state index in [1.165, 1.54) is 16.7 Å². The fraction of sp³-hybridized carbons (Fsp3) is 0.172. The van der Waals surface area contributed by atoms with E-state index in [1.54, 1.807) is 36.4 Å². The van der Waals surface area contributed by atoms with Gasteiger partial charge < -0.3 is 15.0 Å². The minimum Gasteiger partial charge on any atom is -0.483 e. The molecule has 1 fully saturated rings. The number of ether oxygens (including phenoxy) is 1. The van der Waals surface area contributed by atoms with Gasteiger partial charge in [0, 0.05) is 26.5 Å². The summed E-state index contributed by atoms with van der Waals surface area (Å²) in [6.45, 7) is 1.67. The highest BCUT2D eigenvalue weighted by Crippen LogP contribution is 2.54. The number of nitrogens with zero attached hydrogens (tertiary/aromatic N) is 1. The smallest absolute Gasteiger partial charge is 0.305 e. The molecular weight excluding hydrogens is 614 g/mol. The number of thiazole rings is 1. The van der Waals surface area contributed by atoms with E-state index in [0.717, 1.165) is 21.4 Å². The average Bonchev–Trinajstić information content (AvgIpc) is 3.43. The summed E-state index contributed by atoms with van der Waals surface area (Å²) in [5.41, 5.74) is 2.78. The SMILES string of the molecule is Cc1ccc(N2C(=O)C3Sc4[nH]c(=O)sc4C(c4cc(Br)ccc4OCC(=O)Nc4ccccc4)C3C2=O)cc1. The fourth-order valence-electron chi connectivity index (χ4n) is 5.06. The van der Waals surface area contributed by atoms with Crippen LogP contribution in [0.4, 0.5) is 11.4 Å². The monoisotopic (exact) mass is 635 g/mol. The summed E-state index contributed by atoms with van der Waals surface area (Å²) in [5.74, 6) is -2.03. The number of aromatic nitrogens is 1. The quantitative estimate of drug-likeness (QED) is 0.278. The molecule has 1 aromatic heterocycles. The first-order valence-corrected chi connectivity index (χ1v) is 14.9. The van der Waals surface area contributed by atoms with Crippen LogP contribution in [0.1, 0.15) is 21.9 Å². The highest BCUT2D eigenvalue weighted by molar-refractivity contribution is 9.10. The van der Waals surface area contributed by atoms with Crippen LogP contribution >= 0.6 is 39.0 Å². The van der Waals surface area contributed by atoms with E-state index in [4.69, 9.17) is 4.74 Å². The number of carbonyl (C=O) groups is 3. The van der Waals surface area contributed by atoms with Crippen LogP contribution in [0.15, 0.2) is 87.1 Å². The number of carbonyl (C=O) groups excluding carboxylic acids is 3. The third kappa shape index (κ3) is 4.89. The molecule has 0 bridgehead atoms. The van der Waals surface area contributed by atoms with E-state index in [1.807, 2.05) is 43.3 Å². The lowest BCUT2D eigenvalue weighted by Gasteiger charge is -2.31. The Morgan fingerprint density at radius 3 is 2.52 bits per heavy atom. The third-order valence-electron chi connectivity index (χ3n) is 6.84. The van der Waals surface area contributed by atoms with Gasteiger partial charge in [0.25, 0.3) is 5.91 Å². The molecule has 0 aliphatic carbocycles. The van der Waals surface area contributed by atoms with Crippen molar-refractivity contribution in [3.63, 3.8) is 0 Å². The van der Waals surface area contributed by atoms with Crippen molar-refractivity contribution in [1.82, 2.24) is 4.98 Å². The highest BCUT2D eigenvalue weighted by atomic mass is 79.9. The van der Waals surface area contributed by atoms with Crippen LogP contribution in [0.2, 0.25) is 0 Å². The number of halogens is 1. The van der Waals surface area contributed by atoms with Crippen molar-refractivity contribution in [2.24, 2.45) is 5.92 Å². The number of amides is 3. The van der Waals surface area contributed by atoms with E-state index in [0.29, 0.717) is 32.6 Å². The van der Waals surface area contributed by atoms with E-state index in [-0.39, 0.29) is 29.2 Å². The number of hydrogen-bond donors (Lipinski definition) is 2. The predicted octanol–water partition coefficient (Wildman–Crippen LogP) is 5.32. The second-order valence-corrected chi connectivity index (χ2v) is 12.6. The van der Waals surface area contributed by atoms with E-state index in [9.17, 15) is 19.2 Å². The van der Waals surface area contributed by atoms with Crippen molar-refractivity contribution >= 4 is 68.1 Å². The number of anilines is 2. The largest absolute Gasteiger partial charge is 0.483 e.